The summed E-state index contributed by atoms with van der Waals surface area (Å²) in [5.41, 5.74) is 2.97. The smallest absolute Gasteiger partial charge is 0.296 e. The molecule has 0 saturated carbocycles. The van der Waals surface area contributed by atoms with Crippen molar-refractivity contribution in [3.63, 3.8) is 0 Å². The maximum absolute atomic E-state index is 11.4. The predicted molar refractivity (Wildman–Crippen MR) is 90.0 cm³/mol. The first kappa shape index (κ1) is 15.2. The topological polar surface area (TPSA) is 104 Å². The van der Waals surface area contributed by atoms with E-state index >= 15 is 0 Å². The Bertz CT molecular complexity index is 969. The second-order valence-corrected chi connectivity index (χ2v) is 5.69. The highest BCUT2D eigenvalue weighted by molar-refractivity contribution is 5.75. The fraction of sp³-hybridized carbons (Fsp3) is 0.250. The van der Waals surface area contributed by atoms with E-state index in [1.54, 1.807) is 10.7 Å². The Balaban J connectivity index is 1.64. The van der Waals surface area contributed by atoms with Crippen LogP contribution >= 0.6 is 0 Å². The van der Waals surface area contributed by atoms with Gasteiger partial charge in [0.25, 0.3) is 5.69 Å². The average Bonchev–Trinajstić information content (AvgIpc) is 3.01. The van der Waals surface area contributed by atoms with Gasteiger partial charge >= 0.3 is 0 Å². The molecule has 0 atom stereocenters. The summed E-state index contributed by atoms with van der Waals surface area (Å²) in [7, 11) is 0. The van der Waals surface area contributed by atoms with E-state index in [2.05, 4.69) is 15.6 Å². The van der Waals surface area contributed by atoms with Crippen molar-refractivity contribution in [2.24, 2.45) is 0 Å². The first-order valence-corrected chi connectivity index (χ1v) is 7.73. The maximum atomic E-state index is 11.4. The van der Waals surface area contributed by atoms with Crippen LogP contribution in [0.5, 0.6) is 11.5 Å². The molecule has 9 heteroatoms. The summed E-state index contributed by atoms with van der Waals surface area (Å²) < 4.78 is 12.5. The number of hydrogen-bond acceptors (Lipinski definition) is 7. The number of aromatic nitrogens is 3. The number of anilines is 1. The second-order valence-electron chi connectivity index (χ2n) is 5.69. The Labute approximate surface area is 142 Å². The first-order valence-electron chi connectivity index (χ1n) is 7.73. The Morgan fingerprint density at radius 3 is 2.76 bits per heavy atom. The molecule has 9 nitrogen and oxygen atoms in total. The van der Waals surface area contributed by atoms with Crippen LogP contribution in [0.2, 0.25) is 0 Å². The van der Waals surface area contributed by atoms with Crippen molar-refractivity contribution in [3.05, 3.63) is 46.0 Å². The Kier molecular flexibility index (Phi) is 3.60. The molecule has 0 amide bonds. The summed E-state index contributed by atoms with van der Waals surface area (Å²) in [6.07, 6.45) is 0. The molecule has 1 aromatic heterocycles. The zero-order valence-corrected chi connectivity index (χ0v) is 13.4. The molecule has 0 unspecified atom stereocenters. The summed E-state index contributed by atoms with van der Waals surface area (Å²) in [5, 5.41) is 22.6. The average molecular weight is 341 g/mol. The molecule has 0 saturated heterocycles. The van der Waals surface area contributed by atoms with Crippen LogP contribution in [-0.4, -0.2) is 33.1 Å². The lowest BCUT2D eigenvalue weighted by Crippen LogP contribution is -2.16. The molecule has 0 spiro atoms. The van der Waals surface area contributed by atoms with Crippen LogP contribution in [0.25, 0.3) is 11.0 Å². The summed E-state index contributed by atoms with van der Waals surface area (Å²) >= 11 is 0. The lowest BCUT2D eigenvalue weighted by atomic mass is 10.2. The van der Waals surface area contributed by atoms with E-state index in [4.69, 9.17) is 9.47 Å². The van der Waals surface area contributed by atoms with Gasteiger partial charge in [-0.05, 0) is 24.6 Å². The fourth-order valence-electron chi connectivity index (χ4n) is 2.73. The quantitative estimate of drug-likeness (QED) is 0.574. The van der Waals surface area contributed by atoms with E-state index < -0.39 is 4.92 Å². The normalized spacial score (nSPS) is 13.0. The van der Waals surface area contributed by atoms with Crippen LogP contribution in [0, 0.1) is 17.0 Å². The van der Waals surface area contributed by atoms with Crippen molar-refractivity contribution in [2.45, 2.75) is 13.6 Å². The second kappa shape index (κ2) is 5.93. The number of benzene rings is 2. The predicted octanol–water partition coefficient (Wildman–Crippen LogP) is 2.49. The van der Waals surface area contributed by atoms with Crippen LogP contribution in [0.1, 0.15) is 5.56 Å². The number of rotatable bonds is 4. The minimum Gasteiger partial charge on any atom is -0.486 e. The molecule has 3 aromatic rings. The Morgan fingerprint density at radius 1 is 1.24 bits per heavy atom. The van der Waals surface area contributed by atoms with E-state index in [1.807, 2.05) is 25.1 Å². The summed E-state index contributed by atoms with van der Waals surface area (Å²) in [6, 6.07) is 8.78. The van der Waals surface area contributed by atoms with Gasteiger partial charge in [0.05, 0.1) is 16.5 Å². The standard InChI is InChI=1S/C16H15N5O4/c1-10-2-3-13-12(6-10)18-19-20(13)9-17-11-7-15-16(25-5-4-24-15)8-14(11)21(22)23/h2-3,6-8,17H,4-5,9H2,1H3. The van der Waals surface area contributed by atoms with Crippen molar-refractivity contribution in [2.75, 3.05) is 18.5 Å². The summed E-state index contributed by atoms with van der Waals surface area (Å²) in [6.45, 7) is 3.01. The van der Waals surface area contributed by atoms with E-state index in [0.29, 0.717) is 30.4 Å². The number of aryl methyl sites for hydroxylation is 1. The molecule has 0 radical (unpaired) electrons. The van der Waals surface area contributed by atoms with Gasteiger partial charge in [0.15, 0.2) is 11.5 Å². The number of nitrogens with zero attached hydrogens (tertiary/aromatic N) is 4. The van der Waals surface area contributed by atoms with Crippen molar-refractivity contribution in [1.82, 2.24) is 15.0 Å². The third-order valence-electron chi connectivity index (χ3n) is 3.95. The molecular weight excluding hydrogens is 326 g/mol. The van der Waals surface area contributed by atoms with Gasteiger partial charge in [0, 0.05) is 6.07 Å². The van der Waals surface area contributed by atoms with Crippen LogP contribution in [-0.2, 0) is 6.67 Å². The molecule has 1 aliphatic rings. The third kappa shape index (κ3) is 2.80. The van der Waals surface area contributed by atoms with Gasteiger partial charge in [-0.2, -0.15) is 0 Å². The van der Waals surface area contributed by atoms with Crippen LogP contribution in [0.15, 0.2) is 30.3 Å². The van der Waals surface area contributed by atoms with Crippen molar-refractivity contribution in [1.29, 1.82) is 0 Å². The van der Waals surface area contributed by atoms with Gasteiger partial charge in [-0.3, -0.25) is 10.1 Å². The van der Waals surface area contributed by atoms with E-state index in [9.17, 15) is 10.1 Å². The monoisotopic (exact) mass is 341 g/mol. The number of nitrogens with one attached hydrogen (secondary N) is 1. The van der Waals surface area contributed by atoms with Crippen LogP contribution in [0.4, 0.5) is 11.4 Å². The highest BCUT2D eigenvalue weighted by atomic mass is 16.6. The lowest BCUT2D eigenvalue weighted by molar-refractivity contribution is -0.384. The summed E-state index contributed by atoms with van der Waals surface area (Å²) in [4.78, 5) is 10.9. The summed E-state index contributed by atoms with van der Waals surface area (Å²) in [5.74, 6) is 0.864. The minimum atomic E-state index is -0.455. The van der Waals surface area contributed by atoms with Crippen molar-refractivity contribution >= 4 is 22.4 Å². The number of ether oxygens (including phenoxy) is 2. The molecule has 2 heterocycles. The number of nitro groups is 1. The van der Waals surface area contributed by atoms with Gasteiger partial charge in [-0.25, -0.2) is 4.68 Å². The number of hydrogen-bond donors (Lipinski definition) is 1. The molecule has 128 valence electrons. The van der Waals surface area contributed by atoms with Gasteiger partial charge in [-0.1, -0.05) is 11.3 Å². The third-order valence-corrected chi connectivity index (χ3v) is 3.95. The Hall–Kier alpha value is -3.36. The SMILES string of the molecule is Cc1ccc2c(c1)nnn2CNc1cc2c(cc1[N+](=O)[O-])OCCO2. The van der Waals surface area contributed by atoms with E-state index in [0.717, 1.165) is 16.6 Å². The molecule has 25 heavy (non-hydrogen) atoms. The first-order chi connectivity index (χ1) is 12.1. The molecule has 0 aliphatic carbocycles. The molecule has 2 aromatic carbocycles. The number of nitro benzene ring substituents is 1. The van der Waals surface area contributed by atoms with E-state index in [1.165, 1.54) is 6.07 Å². The highest BCUT2D eigenvalue weighted by Gasteiger charge is 2.22. The largest absolute Gasteiger partial charge is 0.486 e. The minimum absolute atomic E-state index is 0.0792. The molecule has 1 aliphatic heterocycles. The van der Waals surface area contributed by atoms with E-state index in [-0.39, 0.29) is 12.4 Å². The molecule has 4 rings (SSSR count). The highest BCUT2D eigenvalue weighted by Crippen LogP contribution is 2.39. The maximum Gasteiger partial charge on any atom is 0.296 e. The molecule has 1 N–H and O–H groups in total. The van der Waals surface area contributed by atoms with Gasteiger partial charge in [0.1, 0.15) is 31.1 Å². The van der Waals surface area contributed by atoms with Gasteiger partial charge < -0.3 is 14.8 Å². The van der Waals surface area contributed by atoms with Gasteiger partial charge in [-0.15, -0.1) is 5.10 Å². The van der Waals surface area contributed by atoms with Crippen molar-refractivity contribution < 1.29 is 14.4 Å². The van der Waals surface area contributed by atoms with Crippen LogP contribution in [0.3, 0.4) is 0 Å². The molecule has 0 bridgehead atoms. The molecule has 0 fully saturated rings. The van der Waals surface area contributed by atoms with Crippen LogP contribution < -0.4 is 14.8 Å². The van der Waals surface area contributed by atoms with Gasteiger partial charge in [0.2, 0.25) is 0 Å². The van der Waals surface area contributed by atoms with Crippen molar-refractivity contribution in [3.8, 4) is 11.5 Å². The zero-order valence-electron chi connectivity index (χ0n) is 13.4. The Morgan fingerprint density at radius 2 is 2.00 bits per heavy atom. The lowest BCUT2D eigenvalue weighted by Gasteiger charge is -2.19. The number of fused-ring (bicyclic) bond motifs is 2. The fourth-order valence-corrected chi connectivity index (χ4v) is 2.73. The molecular formula is C16H15N5O4. The zero-order chi connectivity index (χ0) is 17.4.